The van der Waals surface area contributed by atoms with Gasteiger partial charge in [-0.3, -0.25) is 0 Å². The Bertz CT molecular complexity index is 585. The first kappa shape index (κ1) is 13.8. The second kappa shape index (κ2) is 5.33. The molecule has 2 aliphatic heterocycles. The van der Waals surface area contributed by atoms with E-state index in [0.717, 1.165) is 5.56 Å². The molecule has 1 aromatic rings. The number of aliphatic hydroxyl groups excluding tert-OH is 1. The Morgan fingerprint density at radius 1 is 1.29 bits per heavy atom. The maximum Gasteiger partial charge on any atom is 0.231 e. The molecule has 0 aromatic heterocycles. The van der Waals surface area contributed by atoms with Crippen molar-refractivity contribution in [1.29, 1.82) is 0 Å². The summed E-state index contributed by atoms with van der Waals surface area (Å²) in [6.45, 7) is 1.91. The normalized spacial score (nSPS) is 22.8. The molecule has 1 aromatic carbocycles. The molecule has 2 heterocycles. The molecule has 0 fully saturated rings. The quantitative estimate of drug-likeness (QED) is 0.906. The van der Waals surface area contributed by atoms with Crippen molar-refractivity contribution in [2.24, 2.45) is 11.1 Å². The Hall–Kier alpha value is -2.15. The summed E-state index contributed by atoms with van der Waals surface area (Å²) >= 11 is 0. The van der Waals surface area contributed by atoms with Crippen LogP contribution in [0.1, 0.15) is 18.6 Å². The number of oxime groups is 1. The highest BCUT2D eigenvalue weighted by Crippen LogP contribution is 2.52. The largest absolute Gasteiger partial charge is 0.493 e. The van der Waals surface area contributed by atoms with Crippen LogP contribution in [0.2, 0.25) is 0 Å². The number of ether oxygens (including phenoxy) is 4. The van der Waals surface area contributed by atoms with E-state index in [4.69, 9.17) is 23.8 Å². The maximum absolute atomic E-state index is 9.27. The molecule has 1 N–H and O–H groups in total. The Kier molecular flexibility index (Phi) is 3.50. The van der Waals surface area contributed by atoms with Crippen LogP contribution in [0.3, 0.4) is 0 Å². The number of aliphatic hydroxyl groups is 1. The summed E-state index contributed by atoms with van der Waals surface area (Å²) in [6.07, 6.45) is -0.370. The Morgan fingerprint density at radius 2 is 2.05 bits per heavy atom. The summed E-state index contributed by atoms with van der Waals surface area (Å²) in [4.78, 5) is 5.45. The van der Waals surface area contributed by atoms with Crippen molar-refractivity contribution in [3.63, 3.8) is 0 Å². The van der Waals surface area contributed by atoms with E-state index < -0.39 is 0 Å². The molecule has 21 heavy (non-hydrogen) atoms. The van der Waals surface area contributed by atoms with Crippen LogP contribution < -0.4 is 18.9 Å². The van der Waals surface area contributed by atoms with Gasteiger partial charge in [0.05, 0.1) is 26.5 Å². The fourth-order valence-corrected chi connectivity index (χ4v) is 2.58. The van der Waals surface area contributed by atoms with Crippen LogP contribution in [-0.2, 0) is 4.84 Å². The van der Waals surface area contributed by atoms with Gasteiger partial charge in [-0.25, -0.2) is 0 Å². The Balaban J connectivity index is 2.07. The highest BCUT2D eigenvalue weighted by Gasteiger charge is 2.37. The lowest BCUT2D eigenvalue weighted by Crippen LogP contribution is -2.17. The van der Waals surface area contributed by atoms with Gasteiger partial charge in [0.15, 0.2) is 17.6 Å². The van der Waals surface area contributed by atoms with Crippen LogP contribution in [-0.4, -0.2) is 38.4 Å². The first-order valence-corrected chi connectivity index (χ1v) is 6.59. The zero-order valence-corrected chi connectivity index (χ0v) is 12.1. The monoisotopic (exact) mass is 295 g/mol. The summed E-state index contributed by atoms with van der Waals surface area (Å²) in [5, 5.41) is 13.2. The van der Waals surface area contributed by atoms with Gasteiger partial charge in [-0.15, -0.1) is 0 Å². The summed E-state index contributed by atoms with van der Waals surface area (Å²) in [5.41, 5.74) is 1.34. The summed E-state index contributed by atoms with van der Waals surface area (Å²) in [6, 6.07) is 1.79. The molecule has 0 saturated heterocycles. The Morgan fingerprint density at radius 3 is 2.67 bits per heavy atom. The van der Waals surface area contributed by atoms with Gasteiger partial charge >= 0.3 is 0 Å². The van der Waals surface area contributed by atoms with Crippen LogP contribution in [0.5, 0.6) is 23.0 Å². The van der Waals surface area contributed by atoms with E-state index in [0.29, 0.717) is 28.7 Å². The molecular weight excluding hydrogens is 278 g/mol. The van der Waals surface area contributed by atoms with E-state index in [1.807, 2.05) is 6.92 Å². The third-order valence-electron chi connectivity index (χ3n) is 3.75. The zero-order valence-electron chi connectivity index (χ0n) is 12.1. The number of methoxy groups -OCH3 is 2. The van der Waals surface area contributed by atoms with Crippen molar-refractivity contribution in [2.45, 2.75) is 13.0 Å². The van der Waals surface area contributed by atoms with E-state index in [9.17, 15) is 5.11 Å². The van der Waals surface area contributed by atoms with Crippen LogP contribution in [0, 0.1) is 5.92 Å². The van der Waals surface area contributed by atoms with Gasteiger partial charge in [0.25, 0.3) is 0 Å². The molecule has 3 rings (SSSR count). The predicted octanol–water partition coefficient (Wildman–Crippen LogP) is 1.49. The average molecular weight is 295 g/mol. The van der Waals surface area contributed by atoms with Gasteiger partial charge in [0, 0.05) is 11.5 Å². The molecule has 0 radical (unpaired) electrons. The Labute approximate surface area is 122 Å². The van der Waals surface area contributed by atoms with Crippen LogP contribution in [0.4, 0.5) is 0 Å². The van der Waals surface area contributed by atoms with Crippen molar-refractivity contribution in [1.82, 2.24) is 0 Å². The molecule has 7 heteroatoms. The first-order chi connectivity index (χ1) is 10.2. The standard InChI is InChI=1S/C14H17NO6/c1-7-9(5-16)15-21-11(7)8-4-10(17-2)13-14(12(8)18-3)20-6-19-13/h4,7,11,16H,5-6H2,1-3H3/t7-,11-/m0/s1. The van der Waals surface area contributed by atoms with Crippen molar-refractivity contribution in [3.8, 4) is 23.0 Å². The minimum Gasteiger partial charge on any atom is -0.493 e. The molecule has 0 unspecified atom stereocenters. The number of rotatable bonds is 4. The van der Waals surface area contributed by atoms with E-state index in [1.165, 1.54) is 0 Å². The predicted molar refractivity (Wildman–Crippen MR) is 73.2 cm³/mol. The molecule has 0 amide bonds. The second-order valence-electron chi connectivity index (χ2n) is 4.82. The molecule has 0 aliphatic carbocycles. The minimum absolute atomic E-state index is 0.0750. The smallest absolute Gasteiger partial charge is 0.231 e. The highest BCUT2D eigenvalue weighted by molar-refractivity contribution is 5.89. The molecule has 2 aliphatic rings. The van der Waals surface area contributed by atoms with Crippen molar-refractivity contribution in [2.75, 3.05) is 27.6 Å². The molecule has 7 nitrogen and oxygen atoms in total. The van der Waals surface area contributed by atoms with E-state index in [-0.39, 0.29) is 25.4 Å². The van der Waals surface area contributed by atoms with E-state index >= 15 is 0 Å². The molecule has 0 saturated carbocycles. The fourth-order valence-electron chi connectivity index (χ4n) is 2.58. The summed E-state index contributed by atoms with van der Waals surface area (Å²) in [7, 11) is 3.11. The summed E-state index contributed by atoms with van der Waals surface area (Å²) in [5.74, 6) is 2.03. The van der Waals surface area contributed by atoms with Gasteiger partial charge in [-0.05, 0) is 6.07 Å². The topological polar surface area (TPSA) is 78.7 Å². The summed E-state index contributed by atoms with van der Waals surface area (Å²) < 4.78 is 21.7. The number of benzene rings is 1. The van der Waals surface area contributed by atoms with Crippen LogP contribution in [0.15, 0.2) is 11.2 Å². The molecule has 2 atom stereocenters. The van der Waals surface area contributed by atoms with Crippen LogP contribution in [0.25, 0.3) is 0 Å². The lowest BCUT2D eigenvalue weighted by Gasteiger charge is -2.19. The van der Waals surface area contributed by atoms with E-state index in [2.05, 4.69) is 5.16 Å². The molecule has 0 spiro atoms. The average Bonchev–Trinajstić information content (AvgIpc) is 3.12. The number of hydrogen-bond acceptors (Lipinski definition) is 7. The van der Waals surface area contributed by atoms with Crippen molar-refractivity contribution in [3.05, 3.63) is 11.6 Å². The van der Waals surface area contributed by atoms with Crippen molar-refractivity contribution < 1.29 is 28.9 Å². The van der Waals surface area contributed by atoms with Gasteiger partial charge in [-0.2, -0.15) is 0 Å². The third-order valence-corrected chi connectivity index (χ3v) is 3.75. The molecular formula is C14H17NO6. The lowest BCUT2D eigenvalue weighted by molar-refractivity contribution is 0.0628. The fraction of sp³-hybridized carbons (Fsp3) is 0.500. The van der Waals surface area contributed by atoms with Gasteiger partial charge < -0.3 is 28.9 Å². The number of fused-ring (bicyclic) bond motifs is 1. The lowest BCUT2D eigenvalue weighted by atomic mass is 9.93. The van der Waals surface area contributed by atoms with Crippen molar-refractivity contribution >= 4 is 5.71 Å². The SMILES string of the molecule is COc1cc([C@H]2ON=C(CO)[C@@H]2C)c(OC)c2c1OCO2. The first-order valence-electron chi connectivity index (χ1n) is 6.59. The zero-order chi connectivity index (χ0) is 15.0. The number of hydrogen-bond donors (Lipinski definition) is 1. The molecule has 0 bridgehead atoms. The second-order valence-corrected chi connectivity index (χ2v) is 4.82. The van der Waals surface area contributed by atoms with E-state index in [1.54, 1.807) is 20.3 Å². The van der Waals surface area contributed by atoms with Gasteiger partial charge in [0.2, 0.25) is 18.3 Å². The minimum atomic E-state index is -0.370. The van der Waals surface area contributed by atoms with Gasteiger partial charge in [-0.1, -0.05) is 12.1 Å². The molecule has 114 valence electrons. The third kappa shape index (κ3) is 2.04. The number of nitrogens with zero attached hydrogens (tertiary/aromatic N) is 1. The van der Waals surface area contributed by atoms with Crippen LogP contribution >= 0.6 is 0 Å². The highest BCUT2D eigenvalue weighted by atomic mass is 16.7. The van der Waals surface area contributed by atoms with Gasteiger partial charge in [0.1, 0.15) is 0 Å². The maximum atomic E-state index is 9.27.